The Kier molecular flexibility index (Phi) is 8.75. The van der Waals surface area contributed by atoms with Gasteiger partial charge in [0, 0.05) is 24.0 Å². The second-order valence-electron chi connectivity index (χ2n) is 6.21. The number of hydrogen-bond donors (Lipinski definition) is 5. The molecule has 1 heterocycles. The highest BCUT2D eigenvalue weighted by atomic mass is 32.2. The third-order valence-electron chi connectivity index (χ3n) is 4.26. The number of rotatable bonds is 10. The van der Waals surface area contributed by atoms with Crippen molar-refractivity contribution in [1.29, 1.82) is 0 Å². The third-order valence-corrected chi connectivity index (χ3v) is 5.09. The molecule has 1 aliphatic rings. The number of carbonyl (C=O) groups is 2. The van der Waals surface area contributed by atoms with E-state index in [0.29, 0.717) is 5.75 Å². The normalized spacial score (nSPS) is 33.3. The van der Waals surface area contributed by atoms with E-state index in [1.54, 1.807) is 6.92 Å². The van der Waals surface area contributed by atoms with Crippen molar-refractivity contribution in [2.24, 2.45) is 11.8 Å². The van der Waals surface area contributed by atoms with Gasteiger partial charge in [-0.15, -0.1) is 0 Å². The van der Waals surface area contributed by atoms with Crippen molar-refractivity contribution in [3.05, 3.63) is 0 Å². The van der Waals surface area contributed by atoms with E-state index in [9.17, 15) is 30.0 Å². The van der Waals surface area contributed by atoms with E-state index in [4.69, 9.17) is 9.84 Å². The number of ether oxygens (including phenoxy) is 2. The Labute approximate surface area is 149 Å². The molecule has 1 fully saturated rings. The minimum atomic E-state index is -2.49. The van der Waals surface area contributed by atoms with E-state index < -0.39 is 49.3 Å². The smallest absolute Gasteiger partial charge is 0.329 e. The summed E-state index contributed by atoms with van der Waals surface area (Å²) in [6.45, 7) is 0.854. The molecule has 10 heteroatoms. The van der Waals surface area contributed by atoms with Crippen LogP contribution < -0.4 is 0 Å². The number of hydrogen-bond acceptors (Lipinski definition) is 10. The number of carbonyl (C=O) groups excluding carboxylic acids is 2. The maximum atomic E-state index is 12.3. The molecule has 0 spiro atoms. The van der Waals surface area contributed by atoms with Gasteiger partial charge in [0.25, 0.3) is 6.47 Å². The first-order valence-electron chi connectivity index (χ1n) is 7.87. The molecule has 0 bridgehead atoms. The van der Waals surface area contributed by atoms with E-state index in [1.165, 1.54) is 11.8 Å². The Morgan fingerprint density at radius 3 is 2.64 bits per heavy atom. The molecule has 1 rings (SSSR count). The molecular formula is C15H26O9S. The van der Waals surface area contributed by atoms with Crippen LogP contribution in [0, 0.1) is 11.8 Å². The monoisotopic (exact) mass is 382 g/mol. The fraction of sp³-hybridized carbons (Fsp3) is 0.867. The Bertz CT molecular complexity index is 449. The summed E-state index contributed by atoms with van der Waals surface area (Å²) < 4.78 is 9.61. The molecule has 9 nitrogen and oxygen atoms in total. The van der Waals surface area contributed by atoms with Crippen molar-refractivity contribution in [3.8, 4) is 0 Å². The van der Waals surface area contributed by atoms with Gasteiger partial charge in [-0.2, -0.15) is 11.8 Å². The zero-order chi connectivity index (χ0) is 19.2. The lowest BCUT2D eigenvalue weighted by Gasteiger charge is -2.45. The number of thioether (sulfide) groups is 1. The predicted molar refractivity (Wildman–Crippen MR) is 87.4 cm³/mol. The largest absolute Gasteiger partial charge is 0.410 e. The van der Waals surface area contributed by atoms with E-state index in [1.807, 2.05) is 6.26 Å². The van der Waals surface area contributed by atoms with E-state index in [-0.39, 0.29) is 24.6 Å². The Morgan fingerprint density at radius 1 is 1.48 bits per heavy atom. The molecule has 0 aromatic heterocycles. The van der Waals surface area contributed by atoms with Gasteiger partial charge in [-0.25, -0.2) is 0 Å². The topological polar surface area (TPSA) is 154 Å². The Hall–Kier alpha value is -0.750. The highest BCUT2D eigenvalue weighted by Gasteiger charge is 2.51. The first-order valence-corrected chi connectivity index (χ1v) is 9.26. The van der Waals surface area contributed by atoms with Gasteiger partial charge in [0.05, 0.1) is 25.2 Å². The molecule has 0 saturated carbocycles. The molecule has 0 amide bonds. The first-order chi connectivity index (χ1) is 11.7. The van der Waals surface area contributed by atoms with Gasteiger partial charge in [0.15, 0.2) is 0 Å². The molecule has 0 aromatic carbocycles. The van der Waals surface area contributed by atoms with Gasteiger partial charge in [-0.05, 0) is 6.26 Å². The van der Waals surface area contributed by atoms with Crippen molar-refractivity contribution in [2.45, 2.75) is 50.2 Å². The lowest BCUT2D eigenvalue weighted by Crippen LogP contribution is -2.59. The SMILES string of the molecule is CSCC(C)C(=O)CC1C(O)CC(O)(OC=O)OC1C(O)C(O)CO. The molecule has 7 unspecified atom stereocenters. The van der Waals surface area contributed by atoms with Gasteiger partial charge < -0.3 is 35.0 Å². The minimum absolute atomic E-state index is 0.0787. The number of ketones is 1. The van der Waals surface area contributed by atoms with Crippen LogP contribution in [0.5, 0.6) is 0 Å². The zero-order valence-corrected chi connectivity index (χ0v) is 15.0. The average Bonchev–Trinajstić information content (AvgIpc) is 2.55. The van der Waals surface area contributed by atoms with Gasteiger partial charge in [0.2, 0.25) is 0 Å². The maximum absolute atomic E-state index is 12.3. The van der Waals surface area contributed by atoms with Crippen molar-refractivity contribution in [3.63, 3.8) is 0 Å². The van der Waals surface area contributed by atoms with Crippen LogP contribution in [-0.4, -0.2) is 86.8 Å². The lowest BCUT2D eigenvalue weighted by molar-refractivity contribution is -0.399. The number of aliphatic hydroxyl groups excluding tert-OH is 4. The highest BCUT2D eigenvalue weighted by Crippen LogP contribution is 2.36. The van der Waals surface area contributed by atoms with E-state index in [2.05, 4.69) is 4.74 Å². The van der Waals surface area contributed by atoms with Crippen molar-refractivity contribution >= 4 is 24.0 Å². The van der Waals surface area contributed by atoms with Crippen LogP contribution >= 0.6 is 11.8 Å². The van der Waals surface area contributed by atoms with Gasteiger partial charge in [-0.1, -0.05) is 6.92 Å². The fourth-order valence-electron chi connectivity index (χ4n) is 2.81. The molecule has 146 valence electrons. The summed E-state index contributed by atoms with van der Waals surface area (Å²) in [6, 6.07) is 0. The number of aliphatic hydroxyl groups is 5. The molecule has 0 aliphatic carbocycles. The van der Waals surface area contributed by atoms with Crippen molar-refractivity contribution < 1.29 is 44.6 Å². The molecule has 0 aromatic rings. The van der Waals surface area contributed by atoms with Gasteiger partial charge in [0.1, 0.15) is 18.0 Å². The van der Waals surface area contributed by atoms with E-state index >= 15 is 0 Å². The van der Waals surface area contributed by atoms with Crippen LogP contribution in [-0.2, 0) is 19.1 Å². The summed E-state index contributed by atoms with van der Waals surface area (Å²) in [4.78, 5) is 22.8. The second-order valence-corrected chi connectivity index (χ2v) is 7.12. The predicted octanol–water partition coefficient (Wildman–Crippen LogP) is -1.76. The summed E-state index contributed by atoms with van der Waals surface area (Å²) >= 11 is 1.49. The van der Waals surface area contributed by atoms with Crippen LogP contribution in [0.25, 0.3) is 0 Å². The third kappa shape index (κ3) is 5.88. The highest BCUT2D eigenvalue weighted by molar-refractivity contribution is 7.98. The van der Waals surface area contributed by atoms with Crippen LogP contribution in [0.4, 0.5) is 0 Å². The van der Waals surface area contributed by atoms with Crippen molar-refractivity contribution in [1.82, 2.24) is 0 Å². The Morgan fingerprint density at radius 2 is 2.12 bits per heavy atom. The summed E-state index contributed by atoms with van der Waals surface area (Å²) in [5.74, 6) is -3.35. The molecule has 0 radical (unpaired) electrons. The summed E-state index contributed by atoms with van der Waals surface area (Å²) in [7, 11) is 0. The second kappa shape index (κ2) is 9.81. The Balaban J connectivity index is 3.01. The molecule has 7 atom stereocenters. The van der Waals surface area contributed by atoms with E-state index in [0.717, 1.165) is 0 Å². The van der Waals surface area contributed by atoms with Crippen LogP contribution in [0.1, 0.15) is 19.8 Å². The summed E-state index contributed by atoms with van der Waals surface area (Å²) in [5, 5.41) is 49.3. The zero-order valence-electron chi connectivity index (χ0n) is 14.1. The molecular weight excluding hydrogens is 356 g/mol. The van der Waals surface area contributed by atoms with Crippen molar-refractivity contribution in [2.75, 3.05) is 18.6 Å². The molecule has 25 heavy (non-hydrogen) atoms. The van der Waals surface area contributed by atoms with Gasteiger partial charge in [-0.3, -0.25) is 9.59 Å². The standard InChI is InChI=1S/C15H26O9S/c1-8(6-25-2)10(18)3-9-11(19)4-15(22,23-7-17)24-14(9)13(21)12(20)5-16/h7-9,11-14,16,19-22H,3-6H2,1-2H3. The summed E-state index contributed by atoms with van der Waals surface area (Å²) in [5.41, 5.74) is 0. The fourth-order valence-corrected chi connectivity index (χ4v) is 3.50. The minimum Gasteiger partial charge on any atom is -0.410 e. The number of Topliss-reactive ketones (excluding diaryl/α,β-unsaturated/α-hetero) is 1. The lowest BCUT2D eigenvalue weighted by atomic mass is 9.80. The molecule has 1 saturated heterocycles. The van der Waals surface area contributed by atoms with Gasteiger partial charge >= 0.3 is 5.97 Å². The maximum Gasteiger partial charge on any atom is 0.329 e. The van der Waals surface area contributed by atoms with Crippen LogP contribution in [0.2, 0.25) is 0 Å². The van der Waals surface area contributed by atoms with Crippen LogP contribution in [0.15, 0.2) is 0 Å². The molecule has 1 aliphatic heterocycles. The van der Waals surface area contributed by atoms with Crippen LogP contribution in [0.3, 0.4) is 0 Å². The first kappa shape index (κ1) is 22.3. The molecule has 5 N–H and O–H groups in total. The summed E-state index contributed by atoms with van der Waals surface area (Å²) in [6.07, 6.45) is -4.94. The average molecular weight is 382 g/mol. The quantitative estimate of drug-likeness (QED) is 0.217.